The van der Waals surface area contributed by atoms with Crippen molar-refractivity contribution in [2.24, 2.45) is 0 Å². The van der Waals surface area contributed by atoms with Gasteiger partial charge in [-0.25, -0.2) is 4.98 Å². The van der Waals surface area contributed by atoms with Crippen molar-refractivity contribution >= 4 is 23.4 Å². The summed E-state index contributed by atoms with van der Waals surface area (Å²) in [5.41, 5.74) is 1.54. The van der Waals surface area contributed by atoms with E-state index in [1.807, 2.05) is 6.07 Å². The molecule has 2 aromatic heterocycles. The quantitative estimate of drug-likeness (QED) is 0.813. The minimum Gasteiger partial charge on any atom is -0.354 e. The Labute approximate surface area is 144 Å². The van der Waals surface area contributed by atoms with Crippen LogP contribution in [-0.4, -0.2) is 34.9 Å². The van der Waals surface area contributed by atoms with Crippen LogP contribution in [0.1, 0.15) is 50.5 Å². The Morgan fingerprint density at radius 1 is 1.21 bits per heavy atom. The van der Waals surface area contributed by atoms with E-state index in [1.165, 1.54) is 13.1 Å². The van der Waals surface area contributed by atoms with Crippen LogP contribution in [0.4, 0.5) is 0 Å². The summed E-state index contributed by atoms with van der Waals surface area (Å²) >= 11 is 6.46. The van der Waals surface area contributed by atoms with Crippen LogP contribution in [0, 0.1) is 0 Å². The zero-order chi connectivity index (χ0) is 17.1. The first kappa shape index (κ1) is 16.4. The van der Waals surface area contributed by atoms with Crippen molar-refractivity contribution < 1.29 is 9.59 Å². The smallest absolute Gasteiger partial charge is 0.269 e. The lowest BCUT2D eigenvalue weighted by Crippen LogP contribution is -2.27. The van der Waals surface area contributed by atoms with E-state index in [0.717, 1.165) is 12.8 Å². The average molecular weight is 345 g/mol. The first-order valence-corrected chi connectivity index (χ1v) is 8.12. The molecule has 6 nitrogen and oxygen atoms in total. The fraction of sp³-hybridized carbons (Fsp3) is 0.294. The molecule has 2 aromatic rings. The number of alkyl halides is 1. The summed E-state index contributed by atoms with van der Waals surface area (Å²) in [6.07, 6.45) is 3.60. The molecule has 2 heterocycles. The number of amides is 2. The minimum atomic E-state index is -0.650. The van der Waals surface area contributed by atoms with Gasteiger partial charge in [-0.2, -0.15) is 0 Å². The molecule has 0 bridgehead atoms. The third kappa shape index (κ3) is 3.71. The van der Waals surface area contributed by atoms with Gasteiger partial charge in [-0.3, -0.25) is 14.6 Å². The summed E-state index contributed by atoms with van der Waals surface area (Å²) in [6, 6.07) is 8.69. The highest BCUT2D eigenvalue weighted by molar-refractivity contribution is 6.22. The van der Waals surface area contributed by atoms with E-state index in [0.29, 0.717) is 17.0 Å². The van der Waals surface area contributed by atoms with Gasteiger partial charge in [-0.05, 0) is 37.1 Å². The van der Waals surface area contributed by atoms with E-state index in [1.54, 1.807) is 24.4 Å². The first-order chi connectivity index (χ1) is 11.6. The lowest BCUT2D eigenvalue weighted by Gasteiger charge is -2.12. The van der Waals surface area contributed by atoms with Crippen molar-refractivity contribution in [3.63, 3.8) is 0 Å². The van der Waals surface area contributed by atoms with E-state index in [4.69, 9.17) is 11.6 Å². The summed E-state index contributed by atoms with van der Waals surface area (Å²) in [5, 5.41) is 4.77. The molecule has 1 saturated carbocycles. The number of halogens is 1. The fourth-order valence-corrected chi connectivity index (χ4v) is 2.47. The molecule has 24 heavy (non-hydrogen) atoms. The summed E-state index contributed by atoms with van der Waals surface area (Å²) in [5.74, 6) is -0.599. The Morgan fingerprint density at radius 2 is 2.00 bits per heavy atom. The highest BCUT2D eigenvalue weighted by Gasteiger charge is 2.25. The van der Waals surface area contributed by atoms with E-state index in [-0.39, 0.29) is 23.6 Å². The molecule has 1 fully saturated rings. The number of rotatable bonds is 5. The van der Waals surface area contributed by atoms with E-state index >= 15 is 0 Å². The summed E-state index contributed by atoms with van der Waals surface area (Å²) in [7, 11) is 1.51. The normalized spacial score (nSPS) is 14.8. The molecule has 0 spiro atoms. The van der Waals surface area contributed by atoms with Gasteiger partial charge >= 0.3 is 0 Å². The lowest BCUT2D eigenvalue weighted by atomic mass is 10.1. The molecule has 1 atom stereocenters. The fourth-order valence-electron chi connectivity index (χ4n) is 2.23. The highest BCUT2D eigenvalue weighted by atomic mass is 35.5. The highest BCUT2D eigenvalue weighted by Crippen LogP contribution is 2.27. The van der Waals surface area contributed by atoms with Crippen LogP contribution in [0.2, 0.25) is 0 Å². The Hall–Kier alpha value is -2.47. The van der Waals surface area contributed by atoms with Crippen molar-refractivity contribution in [3.05, 3.63) is 59.2 Å². The number of aromatic nitrogens is 2. The molecular formula is C17H17ClN4O2. The first-order valence-electron chi connectivity index (χ1n) is 7.68. The number of carbonyl (C=O) groups is 2. The minimum absolute atomic E-state index is 0.150. The predicted octanol–water partition coefficient (Wildman–Crippen LogP) is 2.06. The Morgan fingerprint density at radius 3 is 2.62 bits per heavy atom. The molecule has 2 N–H and O–H groups in total. The second-order valence-electron chi connectivity index (χ2n) is 5.61. The third-order valence-electron chi connectivity index (χ3n) is 3.69. The molecule has 0 aromatic carbocycles. The molecule has 0 aliphatic heterocycles. The van der Waals surface area contributed by atoms with Crippen LogP contribution in [0.25, 0.3) is 0 Å². The maximum absolute atomic E-state index is 12.3. The van der Waals surface area contributed by atoms with Gasteiger partial charge in [0.05, 0.1) is 11.4 Å². The molecular weight excluding hydrogens is 328 g/mol. The van der Waals surface area contributed by atoms with Crippen LogP contribution in [0.3, 0.4) is 0 Å². The zero-order valence-electron chi connectivity index (χ0n) is 13.1. The third-order valence-corrected chi connectivity index (χ3v) is 4.13. The predicted molar refractivity (Wildman–Crippen MR) is 90.0 cm³/mol. The molecule has 0 saturated heterocycles. The summed E-state index contributed by atoms with van der Waals surface area (Å²) in [6.45, 7) is 0. The Bertz CT molecular complexity index is 762. The van der Waals surface area contributed by atoms with Crippen molar-refractivity contribution in [2.75, 3.05) is 7.05 Å². The monoisotopic (exact) mass is 344 g/mol. The van der Waals surface area contributed by atoms with Gasteiger partial charge in [0.15, 0.2) is 0 Å². The van der Waals surface area contributed by atoms with Crippen molar-refractivity contribution in [3.8, 4) is 0 Å². The van der Waals surface area contributed by atoms with Crippen LogP contribution in [0.15, 0.2) is 36.5 Å². The van der Waals surface area contributed by atoms with Crippen LogP contribution in [0.5, 0.6) is 0 Å². The van der Waals surface area contributed by atoms with Gasteiger partial charge in [0.1, 0.15) is 11.1 Å². The molecule has 124 valence electrons. The number of nitrogens with zero attached hydrogens (tertiary/aromatic N) is 2. The SMILES string of the molecule is CNC(=O)c1cc(C(=O)NC2CC2)cc(C(Cl)c2ccccn2)n1. The number of hydrogen-bond donors (Lipinski definition) is 2. The van der Waals surface area contributed by atoms with Gasteiger partial charge in [-0.15, -0.1) is 11.6 Å². The van der Waals surface area contributed by atoms with Crippen molar-refractivity contribution in [2.45, 2.75) is 24.3 Å². The Balaban J connectivity index is 1.97. The lowest BCUT2D eigenvalue weighted by molar-refractivity contribution is 0.0951. The summed E-state index contributed by atoms with van der Waals surface area (Å²) in [4.78, 5) is 32.8. The van der Waals surface area contributed by atoms with E-state index in [9.17, 15) is 9.59 Å². The van der Waals surface area contributed by atoms with Gasteiger partial charge in [0, 0.05) is 24.8 Å². The van der Waals surface area contributed by atoms with Crippen LogP contribution >= 0.6 is 11.6 Å². The second kappa shape index (κ2) is 6.97. The average Bonchev–Trinajstić information content (AvgIpc) is 3.44. The maximum atomic E-state index is 12.3. The standard InChI is InChI=1S/C17H17ClN4O2/c1-19-17(24)14-9-10(16(23)21-11-5-6-11)8-13(22-14)15(18)12-4-2-3-7-20-12/h2-4,7-9,11,15H,5-6H2,1H3,(H,19,24)(H,21,23). The molecule has 0 radical (unpaired) electrons. The second-order valence-corrected chi connectivity index (χ2v) is 6.05. The van der Waals surface area contributed by atoms with Crippen molar-refractivity contribution in [1.82, 2.24) is 20.6 Å². The molecule has 3 rings (SSSR count). The molecule has 2 amide bonds. The number of nitrogens with one attached hydrogen (secondary N) is 2. The van der Waals surface area contributed by atoms with Crippen LogP contribution in [-0.2, 0) is 0 Å². The van der Waals surface area contributed by atoms with E-state index in [2.05, 4.69) is 20.6 Å². The zero-order valence-corrected chi connectivity index (χ0v) is 13.9. The van der Waals surface area contributed by atoms with Crippen molar-refractivity contribution in [1.29, 1.82) is 0 Å². The van der Waals surface area contributed by atoms with Crippen LogP contribution < -0.4 is 10.6 Å². The topological polar surface area (TPSA) is 84.0 Å². The Kier molecular flexibility index (Phi) is 4.76. The molecule has 1 unspecified atom stereocenters. The van der Waals surface area contributed by atoms with Gasteiger partial charge < -0.3 is 10.6 Å². The number of pyridine rings is 2. The molecule has 7 heteroatoms. The largest absolute Gasteiger partial charge is 0.354 e. The molecule has 1 aliphatic rings. The number of hydrogen-bond acceptors (Lipinski definition) is 4. The molecule has 1 aliphatic carbocycles. The van der Waals surface area contributed by atoms with E-state index < -0.39 is 5.38 Å². The van der Waals surface area contributed by atoms with Gasteiger partial charge in [-0.1, -0.05) is 6.07 Å². The summed E-state index contributed by atoms with van der Waals surface area (Å²) < 4.78 is 0. The number of carbonyl (C=O) groups excluding carboxylic acids is 2. The van der Waals surface area contributed by atoms with Gasteiger partial charge in [0.2, 0.25) is 0 Å². The van der Waals surface area contributed by atoms with Gasteiger partial charge in [0.25, 0.3) is 11.8 Å². The maximum Gasteiger partial charge on any atom is 0.269 e.